The monoisotopic (exact) mass is 249 g/mol. The number of hydrogen-bond acceptors (Lipinski definition) is 2. The number of nitrogens with two attached hydrogens (primary N) is 1. The summed E-state index contributed by atoms with van der Waals surface area (Å²) >= 11 is 0. The van der Waals surface area contributed by atoms with Gasteiger partial charge < -0.3 is 10.5 Å². The second-order valence-electron chi connectivity index (χ2n) is 4.81. The van der Waals surface area contributed by atoms with Crippen molar-refractivity contribution >= 4 is 0 Å². The highest BCUT2D eigenvalue weighted by atomic mass is 19.1. The fourth-order valence-corrected chi connectivity index (χ4v) is 2.40. The number of allylic oxidation sites excluding steroid dienone is 1. The van der Waals surface area contributed by atoms with E-state index in [1.165, 1.54) is 31.6 Å². The average molecular weight is 249 g/mol. The van der Waals surface area contributed by atoms with Gasteiger partial charge in [-0.3, -0.25) is 0 Å². The fraction of sp³-hybridized carbons (Fsp3) is 0.467. The van der Waals surface area contributed by atoms with Crippen LogP contribution >= 0.6 is 0 Å². The van der Waals surface area contributed by atoms with Gasteiger partial charge in [-0.1, -0.05) is 17.7 Å². The van der Waals surface area contributed by atoms with Crippen molar-refractivity contribution in [1.29, 1.82) is 0 Å². The molecule has 2 N–H and O–H groups in total. The van der Waals surface area contributed by atoms with Gasteiger partial charge in [-0.2, -0.15) is 0 Å². The lowest BCUT2D eigenvalue weighted by molar-refractivity contribution is 0.386. The lowest BCUT2D eigenvalue weighted by Gasteiger charge is -2.18. The zero-order valence-electron chi connectivity index (χ0n) is 10.8. The molecule has 1 aliphatic carbocycles. The SMILES string of the molecule is COc1ccc(C(N)CC2=CCCCC2)cc1F. The Morgan fingerprint density at radius 1 is 1.39 bits per heavy atom. The van der Waals surface area contributed by atoms with Crippen LogP contribution < -0.4 is 10.5 Å². The van der Waals surface area contributed by atoms with Crippen LogP contribution in [0, 0.1) is 5.82 Å². The topological polar surface area (TPSA) is 35.2 Å². The molecule has 1 aliphatic rings. The Morgan fingerprint density at radius 3 is 2.83 bits per heavy atom. The number of hydrogen-bond donors (Lipinski definition) is 1. The van der Waals surface area contributed by atoms with Crippen molar-refractivity contribution in [3.63, 3.8) is 0 Å². The summed E-state index contributed by atoms with van der Waals surface area (Å²) in [5, 5.41) is 0. The zero-order chi connectivity index (χ0) is 13.0. The highest BCUT2D eigenvalue weighted by Crippen LogP contribution is 2.28. The molecule has 0 aliphatic heterocycles. The van der Waals surface area contributed by atoms with Gasteiger partial charge in [0.2, 0.25) is 0 Å². The number of halogens is 1. The molecule has 1 unspecified atom stereocenters. The van der Waals surface area contributed by atoms with Gasteiger partial charge in [0.25, 0.3) is 0 Å². The summed E-state index contributed by atoms with van der Waals surface area (Å²) in [4.78, 5) is 0. The molecule has 2 rings (SSSR count). The summed E-state index contributed by atoms with van der Waals surface area (Å²) in [6.45, 7) is 0. The van der Waals surface area contributed by atoms with Gasteiger partial charge in [0.1, 0.15) is 0 Å². The van der Waals surface area contributed by atoms with Crippen molar-refractivity contribution in [3.05, 3.63) is 41.2 Å². The molecule has 1 aromatic rings. The maximum absolute atomic E-state index is 13.6. The van der Waals surface area contributed by atoms with Crippen molar-refractivity contribution in [2.45, 2.75) is 38.1 Å². The van der Waals surface area contributed by atoms with Crippen LogP contribution in [-0.4, -0.2) is 7.11 Å². The highest BCUT2D eigenvalue weighted by molar-refractivity contribution is 5.31. The lowest BCUT2D eigenvalue weighted by atomic mass is 9.92. The maximum Gasteiger partial charge on any atom is 0.165 e. The fourth-order valence-electron chi connectivity index (χ4n) is 2.40. The van der Waals surface area contributed by atoms with Crippen molar-refractivity contribution in [2.24, 2.45) is 5.73 Å². The van der Waals surface area contributed by atoms with Crippen LogP contribution in [0.15, 0.2) is 29.8 Å². The van der Waals surface area contributed by atoms with Gasteiger partial charge in [0.05, 0.1) is 7.11 Å². The molecule has 1 aromatic carbocycles. The second-order valence-corrected chi connectivity index (χ2v) is 4.81. The molecule has 3 heteroatoms. The van der Waals surface area contributed by atoms with Crippen LogP contribution in [0.1, 0.15) is 43.7 Å². The molecule has 0 saturated heterocycles. The van der Waals surface area contributed by atoms with Crippen LogP contribution in [0.5, 0.6) is 5.75 Å². The minimum Gasteiger partial charge on any atom is -0.494 e. The molecule has 0 fully saturated rings. The molecule has 0 radical (unpaired) electrons. The molecule has 0 heterocycles. The van der Waals surface area contributed by atoms with E-state index in [9.17, 15) is 4.39 Å². The van der Waals surface area contributed by atoms with Crippen LogP contribution in [0.25, 0.3) is 0 Å². The lowest BCUT2D eigenvalue weighted by Crippen LogP contribution is -2.12. The molecular weight excluding hydrogens is 229 g/mol. The van der Waals surface area contributed by atoms with Crippen molar-refractivity contribution in [2.75, 3.05) is 7.11 Å². The smallest absolute Gasteiger partial charge is 0.165 e. The quantitative estimate of drug-likeness (QED) is 0.825. The third-order valence-electron chi connectivity index (χ3n) is 3.47. The van der Waals surface area contributed by atoms with Gasteiger partial charge in [-0.15, -0.1) is 0 Å². The van der Waals surface area contributed by atoms with Crippen LogP contribution in [-0.2, 0) is 0 Å². The molecular formula is C15H20FNO. The van der Waals surface area contributed by atoms with Gasteiger partial charge in [0, 0.05) is 6.04 Å². The van der Waals surface area contributed by atoms with E-state index in [4.69, 9.17) is 10.5 Å². The van der Waals surface area contributed by atoms with E-state index in [2.05, 4.69) is 6.08 Å². The molecule has 0 spiro atoms. The summed E-state index contributed by atoms with van der Waals surface area (Å²) in [7, 11) is 1.46. The molecule has 18 heavy (non-hydrogen) atoms. The number of benzene rings is 1. The van der Waals surface area contributed by atoms with E-state index < -0.39 is 0 Å². The third-order valence-corrected chi connectivity index (χ3v) is 3.47. The van der Waals surface area contributed by atoms with Crippen LogP contribution in [0.2, 0.25) is 0 Å². The van der Waals surface area contributed by atoms with Gasteiger partial charge >= 0.3 is 0 Å². The number of rotatable bonds is 4. The van der Waals surface area contributed by atoms with Gasteiger partial charge in [-0.05, 0) is 49.8 Å². The molecule has 0 bridgehead atoms. The van der Waals surface area contributed by atoms with Crippen LogP contribution in [0.3, 0.4) is 0 Å². The van der Waals surface area contributed by atoms with Crippen LogP contribution in [0.4, 0.5) is 4.39 Å². The van der Waals surface area contributed by atoms with E-state index in [1.807, 2.05) is 6.07 Å². The summed E-state index contributed by atoms with van der Waals surface area (Å²) in [5.74, 6) is -0.0779. The minimum atomic E-state index is -0.344. The van der Waals surface area contributed by atoms with E-state index in [-0.39, 0.29) is 17.6 Å². The molecule has 0 amide bonds. The predicted octanol–water partition coefficient (Wildman–Crippen LogP) is 3.72. The van der Waals surface area contributed by atoms with E-state index in [1.54, 1.807) is 6.07 Å². The Hall–Kier alpha value is -1.35. The molecule has 2 nitrogen and oxygen atoms in total. The highest BCUT2D eigenvalue weighted by Gasteiger charge is 2.13. The Bertz CT molecular complexity index is 442. The Kier molecular flexibility index (Phi) is 4.37. The predicted molar refractivity (Wildman–Crippen MR) is 71.0 cm³/mol. The second kappa shape index (κ2) is 6.01. The van der Waals surface area contributed by atoms with Crippen molar-refractivity contribution < 1.29 is 9.13 Å². The molecule has 0 aromatic heterocycles. The third kappa shape index (κ3) is 3.10. The average Bonchev–Trinajstić information content (AvgIpc) is 2.39. The van der Waals surface area contributed by atoms with Gasteiger partial charge in [-0.25, -0.2) is 4.39 Å². The van der Waals surface area contributed by atoms with Gasteiger partial charge in [0.15, 0.2) is 11.6 Å². The molecule has 98 valence electrons. The zero-order valence-corrected chi connectivity index (χ0v) is 10.8. The first kappa shape index (κ1) is 13.1. The maximum atomic E-state index is 13.6. The summed E-state index contributed by atoms with van der Waals surface area (Å²) in [6, 6.07) is 4.83. The summed E-state index contributed by atoms with van der Waals surface area (Å²) < 4.78 is 18.5. The van der Waals surface area contributed by atoms with E-state index >= 15 is 0 Å². The Labute approximate surface area is 108 Å². The normalized spacial score (nSPS) is 17.2. The minimum absolute atomic E-state index is 0.130. The molecule has 0 saturated carbocycles. The Balaban J connectivity index is 2.06. The number of methoxy groups -OCH3 is 1. The summed E-state index contributed by atoms with van der Waals surface area (Å²) in [6.07, 6.45) is 7.91. The summed E-state index contributed by atoms with van der Waals surface area (Å²) in [5.41, 5.74) is 8.38. The van der Waals surface area contributed by atoms with Crippen molar-refractivity contribution in [3.8, 4) is 5.75 Å². The first-order valence-corrected chi connectivity index (χ1v) is 6.47. The Morgan fingerprint density at radius 2 is 2.22 bits per heavy atom. The van der Waals surface area contributed by atoms with Crippen molar-refractivity contribution in [1.82, 2.24) is 0 Å². The largest absolute Gasteiger partial charge is 0.494 e. The first-order valence-electron chi connectivity index (χ1n) is 6.47. The first-order chi connectivity index (χ1) is 8.70. The molecule has 1 atom stereocenters. The van der Waals surface area contributed by atoms with E-state index in [0.717, 1.165) is 24.8 Å². The standard InChI is InChI=1S/C15H20FNO/c1-18-15-8-7-12(10-13(15)16)14(17)9-11-5-3-2-4-6-11/h5,7-8,10,14H,2-4,6,9,17H2,1H3. The van der Waals surface area contributed by atoms with E-state index in [0.29, 0.717) is 0 Å². The number of ether oxygens (including phenoxy) is 1.